The lowest BCUT2D eigenvalue weighted by molar-refractivity contribution is -0.132. The van der Waals surface area contributed by atoms with Crippen molar-refractivity contribution in [3.05, 3.63) is 26.4 Å². The topological polar surface area (TPSA) is 164 Å². The molecule has 4 aliphatic rings. The first-order chi connectivity index (χ1) is 17.6. The summed E-state index contributed by atoms with van der Waals surface area (Å²) in [5.74, 6) is -1.23. The van der Waals surface area contributed by atoms with Gasteiger partial charge in [-0.25, -0.2) is 9.59 Å². The quantitative estimate of drug-likeness (QED) is 0.258. The first-order valence-electron chi connectivity index (χ1n) is 13.7. The highest BCUT2D eigenvalue weighted by Crippen LogP contribution is 2.57. The van der Waals surface area contributed by atoms with Crippen molar-refractivity contribution in [1.82, 2.24) is 19.4 Å². The summed E-state index contributed by atoms with van der Waals surface area (Å²) < 4.78 is 2.36. The molecule has 202 valence electrons. The molecule has 5 rings (SSSR count). The summed E-state index contributed by atoms with van der Waals surface area (Å²) in [5.41, 5.74) is 3.39. The Morgan fingerprint density at radius 2 is 1.70 bits per heavy atom. The first-order valence-corrected chi connectivity index (χ1v) is 13.7. The number of amidine groups is 1. The molecule has 11 nitrogen and oxygen atoms in total. The third-order valence-corrected chi connectivity index (χ3v) is 9.44. The molecular weight excluding hydrogens is 476 g/mol. The minimum absolute atomic E-state index is 0.0353. The van der Waals surface area contributed by atoms with Gasteiger partial charge in [-0.15, -0.1) is 0 Å². The van der Waals surface area contributed by atoms with Crippen LogP contribution in [0, 0.1) is 10.8 Å². The van der Waals surface area contributed by atoms with Gasteiger partial charge in [0, 0.05) is 18.6 Å². The zero-order chi connectivity index (χ0) is 26.5. The van der Waals surface area contributed by atoms with Gasteiger partial charge in [0.2, 0.25) is 5.88 Å². The standard InChI is InChI=1S/C26H38N6O5/c1-2-3-13-30-20(33)18(19(27)28)21(34)31(24(30)37)16-7-11-25(12-8-16)14-17(15-25)32-23(36)29-22(35)26(32)9-5-4-6-10-26/h16-17,33H,2-15H2,1H3,(H3,27,28)(H,29,35,36). The third kappa shape index (κ3) is 3.97. The van der Waals surface area contributed by atoms with Crippen molar-refractivity contribution in [2.75, 3.05) is 0 Å². The molecule has 1 aromatic rings. The molecule has 0 aromatic carbocycles. The molecule has 37 heavy (non-hydrogen) atoms. The number of aromatic nitrogens is 2. The van der Waals surface area contributed by atoms with E-state index in [1.165, 1.54) is 4.57 Å². The van der Waals surface area contributed by atoms with Gasteiger partial charge >= 0.3 is 11.7 Å². The Bertz CT molecular complexity index is 1230. The van der Waals surface area contributed by atoms with Crippen molar-refractivity contribution in [2.45, 2.75) is 115 Å². The van der Waals surface area contributed by atoms with Gasteiger partial charge in [-0.05, 0) is 63.2 Å². The van der Waals surface area contributed by atoms with Crippen molar-refractivity contribution < 1.29 is 14.7 Å². The van der Waals surface area contributed by atoms with Crippen LogP contribution in [0.5, 0.6) is 5.88 Å². The molecule has 11 heteroatoms. The molecule has 2 heterocycles. The highest BCUT2D eigenvalue weighted by Gasteiger charge is 2.60. The maximum atomic E-state index is 13.3. The van der Waals surface area contributed by atoms with E-state index in [0.29, 0.717) is 19.3 Å². The lowest BCUT2D eigenvalue weighted by Crippen LogP contribution is -2.61. The number of hydrogen-bond donors (Lipinski definition) is 4. The number of unbranched alkanes of at least 4 members (excludes halogenated alkanes) is 1. The Hall–Kier alpha value is -3.11. The molecule has 5 N–H and O–H groups in total. The number of nitrogen functional groups attached to an aromatic ring is 1. The molecular formula is C26H38N6O5. The number of carbonyl (C=O) groups is 2. The van der Waals surface area contributed by atoms with Crippen LogP contribution >= 0.6 is 0 Å². The Labute approximate surface area is 215 Å². The smallest absolute Gasteiger partial charge is 0.334 e. The fraction of sp³-hybridized carbons (Fsp3) is 0.731. The van der Waals surface area contributed by atoms with Crippen LogP contribution in [0.4, 0.5) is 4.79 Å². The van der Waals surface area contributed by atoms with E-state index in [1.54, 1.807) is 0 Å². The summed E-state index contributed by atoms with van der Waals surface area (Å²) >= 11 is 0. The average molecular weight is 515 g/mol. The molecule has 3 saturated carbocycles. The Morgan fingerprint density at radius 3 is 2.30 bits per heavy atom. The average Bonchev–Trinajstić information content (AvgIpc) is 3.06. The molecule has 3 amide bonds. The normalized spacial score (nSPS) is 28.9. The molecule has 1 saturated heterocycles. The van der Waals surface area contributed by atoms with Gasteiger partial charge in [0.1, 0.15) is 16.9 Å². The van der Waals surface area contributed by atoms with E-state index in [0.717, 1.165) is 68.8 Å². The second-order valence-corrected chi connectivity index (χ2v) is 11.6. The van der Waals surface area contributed by atoms with Gasteiger partial charge < -0.3 is 15.7 Å². The fourth-order valence-corrected chi connectivity index (χ4v) is 7.44. The predicted molar refractivity (Wildman–Crippen MR) is 137 cm³/mol. The number of hydrogen-bond acceptors (Lipinski definition) is 6. The van der Waals surface area contributed by atoms with Crippen LogP contribution in [0.15, 0.2) is 9.59 Å². The maximum absolute atomic E-state index is 13.3. The van der Waals surface area contributed by atoms with E-state index >= 15 is 0 Å². The van der Waals surface area contributed by atoms with Crippen molar-refractivity contribution >= 4 is 17.8 Å². The molecule has 1 aliphatic heterocycles. The summed E-state index contributed by atoms with van der Waals surface area (Å²) in [6.07, 6.45) is 10.4. The SMILES string of the molecule is CCCCn1c(O)c(C(=N)N)c(=O)n(C2CCC3(CC2)CC(N2C(=O)NC(=O)C24CCCCC4)C3)c1=O. The minimum atomic E-state index is -0.707. The van der Waals surface area contributed by atoms with Gasteiger partial charge in [-0.2, -0.15) is 0 Å². The van der Waals surface area contributed by atoms with Gasteiger partial charge in [0.15, 0.2) is 0 Å². The largest absolute Gasteiger partial charge is 0.494 e. The summed E-state index contributed by atoms with van der Waals surface area (Å²) in [5, 5.41) is 20.9. The van der Waals surface area contributed by atoms with Crippen LogP contribution in [0.2, 0.25) is 0 Å². The number of nitrogens with one attached hydrogen (secondary N) is 2. The van der Waals surface area contributed by atoms with Crippen molar-refractivity contribution in [2.24, 2.45) is 11.1 Å². The molecule has 0 unspecified atom stereocenters. The molecule has 4 fully saturated rings. The third-order valence-electron chi connectivity index (χ3n) is 9.44. The van der Waals surface area contributed by atoms with Crippen LogP contribution < -0.4 is 22.3 Å². The zero-order valence-electron chi connectivity index (χ0n) is 21.6. The summed E-state index contributed by atoms with van der Waals surface area (Å²) in [7, 11) is 0. The van der Waals surface area contributed by atoms with Crippen molar-refractivity contribution in [3.8, 4) is 5.88 Å². The van der Waals surface area contributed by atoms with E-state index < -0.39 is 28.5 Å². The Kier molecular flexibility index (Phi) is 6.44. The predicted octanol–water partition coefficient (Wildman–Crippen LogP) is 2.32. The highest BCUT2D eigenvalue weighted by atomic mass is 16.3. The molecule has 0 atom stereocenters. The number of carbonyl (C=O) groups excluding carboxylic acids is 2. The molecule has 0 radical (unpaired) electrons. The van der Waals surface area contributed by atoms with E-state index in [2.05, 4.69) is 5.32 Å². The molecule has 1 aromatic heterocycles. The maximum Gasteiger partial charge on any atom is 0.334 e. The van der Waals surface area contributed by atoms with Crippen LogP contribution in [0.25, 0.3) is 0 Å². The number of nitrogens with two attached hydrogens (primary N) is 1. The summed E-state index contributed by atoms with van der Waals surface area (Å²) in [6.45, 7) is 2.21. The number of aromatic hydroxyl groups is 1. The number of urea groups is 1. The first kappa shape index (κ1) is 25.5. The van der Waals surface area contributed by atoms with Crippen LogP contribution in [-0.4, -0.2) is 48.5 Å². The van der Waals surface area contributed by atoms with Gasteiger partial charge in [-0.3, -0.25) is 29.4 Å². The lowest BCUT2D eigenvalue weighted by Gasteiger charge is -2.56. The summed E-state index contributed by atoms with van der Waals surface area (Å²) in [6, 6.07) is -0.564. The molecule has 3 aliphatic carbocycles. The molecule has 0 bridgehead atoms. The minimum Gasteiger partial charge on any atom is -0.494 e. The number of nitrogens with zero attached hydrogens (tertiary/aromatic N) is 3. The summed E-state index contributed by atoms with van der Waals surface area (Å²) in [4.78, 5) is 53.8. The number of amides is 3. The van der Waals surface area contributed by atoms with Gasteiger partial charge in [0.25, 0.3) is 11.5 Å². The van der Waals surface area contributed by atoms with Crippen LogP contribution in [-0.2, 0) is 11.3 Å². The fourth-order valence-electron chi connectivity index (χ4n) is 7.44. The second-order valence-electron chi connectivity index (χ2n) is 11.6. The van der Waals surface area contributed by atoms with E-state index in [-0.39, 0.29) is 41.5 Å². The monoisotopic (exact) mass is 514 g/mol. The van der Waals surface area contributed by atoms with Crippen LogP contribution in [0.1, 0.15) is 102 Å². The van der Waals surface area contributed by atoms with E-state index in [9.17, 15) is 24.3 Å². The van der Waals surface area contributed by atoms with E-state index in [4.69, 9.17) is 11.1 Å². The van der Waals surface area contributed by atoms with Gasteiger partial charge in [-0.1, -0.05) is 32.6 Å². The Balaban J connectivity index is 1.33. The Morgan fingerprint density at radius 1 is 1.05 bits per heavy atom. The van der Waals surface area contributed by atoms with Gasteiger partial charge in [0.05, 0.1) is 0 Å². The number of imide groups is 1. The van der Waals surface area contributed by atoms with E-state index in [1.807, 2.05) is 11.8 Å². The highest BCUT2D eigenvalue weighted by molar-refractivity contribution is 6.07. The lowest BCUT2D eigenvalue weighted by atomic mass is 9.56. The second kappa shape index (κ2) is 9.33. The van der Waals surface area contributed by atoms with Crippen LogP contribution in [0.3, 0.4) is 0 Å². The number of rotatable bonds is 6. The molecule has 2 spiro atoms. The zero-order valence-corrected chi connectivity index (χ0v) is 21.6. The van der Waals surface area contributed by atoms with Crippen molar-refractivity contribution in [1.29, 1.82) is 5.41 Å². The van der Waals surface area contributed by atoms with Crippen molar-refractivity contribution in [3.63, 3.8) is 0 Å².